The molecule has 0 atom stereocenters. The Morgan fingerprint density at radius 2 is 2.33 bits per heavy atom. The van der Waals surface area contributed by atoms with Gasteiger partial charge in [0.1, 0.15) is 17.5 Å². The number of carbonyl (C=O) groups excluding carboxylic acids is 1. The number of benzene rings is 1. The highest BCUT2D eigenvalue weighted by molar-refractivity contribution is 5.95. The molecule has 3 N–H and O–H groups in total. The van der Waals surface area contributed by atoms with E-state index in [1.807, 2.05) is 6.07 Å². The predicted octanol–water partition coefficient (Wildman–Crippen LogP) is 0.675. The molecule has 1 amide bonds. The van der Waals surface area contributed by atoms with Gasteiger partial charge in [-0.3, -0.25) is 4.79 Å². The zero-order chi connectivity index (χ0) is 15.2. The Kier molecular flexibility index (Phi) is 4.20. The van der Waals surface area contributed by atoms with Gasteiger partial charge in [-0.2, -0.15) is 10.5 Å². The van der Waals surface area contributed by atoms with Crippen LogP contribution in [0.4, 0.5) is 10.1 Å². The van der Waals surface area contributed by atoms with Crippen molar-refractivity contribution in [3.63, 3.8) is 0 Å². The average Bonchev–Trinajstić information content (AvgIpc) is 3.03. The summed E-state index contributed by atoms with van der Waals surface area (Å²) in [4.78, 5) is 11.5. The van der Waals surface area contributed by atoms with Gasteiger partial charge < -0.3 is 10.6 Å². The van der Waals surface area contributed by atoms with Crippen LogP contribution in [0.5, 0.6) is 0 Å². The fourth-order valence-electron chi connectivity index (χ4n) is 1.49. The van der Waals surface area contributed by atoms with Crippen molar-refractivity contribution in [2.45, 2.75) is 0 Å². The summed E-state index contributed by atoms with van der Waals surface area (Å²) < 4.78 is 13.7. The van der Waals surface area contributed by atoms with Gasteiger partial charge in [0, 0.05) is 18.8 Å². The number of hydrogen-bond acceptors (Lipinski definition) is 6. The second-order valence-corrected chi connectivity index (χ2v) is 3.82. The van der Waals surface area contributed by atoms with Gasteiger partial charge in [-0.15, -0.1) is 10.2 Å². The fourth-order valence-corrected chi connectivity index (χ4v) is 1.49. The van der Waals surface area contributed by atoms with Crippen LogP contribution in [0.2, 0.25) is 0 Å². The molecule has 1 aromatic heterocycles. The minimum Gasteiger partial charge on any atom is -0.358 e. The van der Waals surface area contributed by atoms with Gasteiger partial charge in [-0.25, -0.2) is 4.39 Å². The molecule has 1 aromatic carbocycles. The van der Waals surface area contributed by atoms with Crippen molar-refractivity contribution < 1.29 is 9.18 Å². The molecule has 0 radical (unpaired) electrons. The molecular formula is C12H10FN7O. The van der Waals surface area contributed by atoms with Gasteiger partial charge in [0.2, 0.25) is 5.82 Å². The van der Waals surface area contributed by atoms with E-state index in [0.29, 0.717) is 0 Å². The van der Waals surface area contributed by atoms with Crippen molar-refractivity contribution in [2.75, 3.05) is 12.4 Å². The van der Waals surface area contributed by atoms with Crippen molar-refractivity contribution in [1.29, 1.82) is 5.26 Å². The van der Waals surface area contributed by atoms with Crippen molar-refractivity contribution >= 4 is 17.2 Å². The Labute approximate surface area is 118 Å². The zero-order valence-electron chi connectivity index (χ0n) is 10.9. The van der Waals surface area contributed by atoms with Crippen LogP contribution >= 0.6 is 0 Å². The molecule has 0 aliphatic heterocycles. The van der Waals surface area contributed by atoms with Gasteiger partial charge in [-0.1, -0.05) is 0 Å². The number of H-pyrrole nitrogens is 1. The largest absolute Gasteiger partial charge is 0.358 e. The smallest absolute Gasteiger partial charge is 0.251 e. The predicted molar refractivity (Wildman–Crippen MR) is 71.2 cm³/mol. The number of allylic oxidation sites excluding steroid dienone is 1. The number of aromatic nitrogens is 4. The minimum absolute atomic E-state index is 0.0485. The SMILES string of the molecule is CNC(=O)c1ccc(F)c(NC=C(C#N)c2nn[nH]n2)c1. The number of hydrogen-bond donors (Lipinski definition) is 3. The number of carbonyl (C=O) groups is 1. The molecule has 0 unspecified atom stereocenters. The van der Waals surface area contributed by atoms with Crippen LogP contribution in [0, 0.1) is 17.1 Å². The first-order valence-electron chi connectivity index (χ1n) is 5.78. The number of nitriles is 1. The molecule has 0 saturated heterocycles. The van der Waals surface area contributed by atoms with Crippen molar-refractivity contribution in [3.8, 4) is 6.07 Å². The normalized spacial score (nSPS) is 10.8. The third-order valence-electron chi connectivity index (χ3n) is 2.53. The van der Waals surface area contributed by atoms with E-state index in [1.165, 1.54) is 25.4 Å². The summed E-state index contributed by atoms with van der Waals surface area (Å²) in [5.41, 5.74) is 0.397. The van der Waals surface area contributed by atoms with E-state index in [9.17, 15) is 9.18 Å². The Bertz CT molecular complexity index is 718. The first-order valence-corrected chi connectivity index (χ1v) is 5.78. The topological polar surface area (TPSA) is 119 Å². The lowest BCUT2D eigenvalue weighted by Gasteiger charge is -2.06. The summed E-state index contributed by atoms with van der Waals surface area (Å²) in [6, 6.07) is 5.69. The quantitative estimate of drug-likeness (QED) is 0.711. The second kappa shape index (κ2) is 6.25. The van der Waals surface area contributed by atoms with Gasteiger partial charge >= 0.3 is 0 Å². The number of tetrazole rings is 1. The highest BCUT2D eigenvalue weighted by atomic mass is 19.1. The summed E-state index contributed by atoms with van der Waals surface area (Å²) in [6.45, 7) is 0. The number of halogens is 1. The molecule has 21 heavy (non-hydrogen) atoms. The van der Waals surface area contributed by atoms with Gasteiger partial charge in [0.15, 0.2) is 0 Å². The van der Waals surface area contributed by atoms with Crippen LogP contribution in [0.15, 0.2) is 24.4 Å². The highest BCUT2D eigenvalue weighted by Crippen LogP contribution is 2.17. The van der Waals surface area contributed by atoms with E-state index < -0.39 is 5.82 Å². The van der Waals surface area contributed by atoms with E-state index in [0.717, 1.165) is 6.07 Å². The molecule has 2 rings (SSSR count). The van der Waals surface area contributed by atoms with Crippen LogP contribution in [-0.4, -0.2) is 33.6 Å². The first-order chi connectivity index (χ1) is 10.2. The third-order valence-corrected chi connectivity index (χ3v) is 2.53. The molecule has 0 aliphatic rings. The molecular weight excluding hydrogens is 277 g/mol. The number of rotatable bonds is 4. The van der Waals surface area contributed by atoms with Crippen LogP contribution < -0.4 is 10.6 Å². The standard InChI is InChI=1S/C12H10FN7O/c1-15-12(21)7-2-3-9(13)10(4-7)16-6-8(5-14)11-17-19-20-18-11/h2-4,6,16H,1H3,(H,15,21)(H,17,18,19,20). The maximum atomic E-state index is 13.7. The van der Waals surface area contributed by atoms with Crippen LogP contribution in [0.25, 0.3) is 5.57 Å². The van der Waals surface area contributed by atoms with E-state index in [4.69, 9.17) is 5.26 Å². The molecule has 0 saturated carbocycles. The number of aromatic amines is 1. The fraction of sp³-hybridized carbons (Fsp3) is 0.0833. The average molecular weight is 287 g/mol. The molecule has 1 heterocycles. The second-order valence-electron chi connectivity index (χ2n) is 3.82. The van der Waals surface area contributed by atoms with Gasteiger partial charge in [-0.05, 0) is 23.4 Å². The lowest BCUT2D eigenvalue weighted by molar-refractivity contribution is 0.0963. The van der Waals surface area contributed by atoms with E-state index in [1.54, 1.807) is 0 Å². The molecule has 8 nitrogen and oxygen atoms in total. The molecule has 0 fully saturated rings. The summed E-state index contributed by atoms with van der Waals surface area (Å²) in [7, 11) is 1.47. The molecule has 2 aromatic rings. The van der Waals surface area contributed by atoms with Gasteiger partial charge in [0.05, 0.1) is 5.69 Å². The number of nitrogens with one attached hydrogen (secondary N) is 3. The summed E-state index contributed by atoms with van der Waals surface area (Å²) >= 11 is 0. The maximum absolute atomic E-state index is 13.7. The lowest BCUT2D eigenvalue weighted by Crippen LogP contribution is -2.17. The molecule has 0 aliphatic carbocycles. The number of amides is 1. The van der Waals surface area contributed by atoms with Crippen LogP contribution in [-0.2, 0) is 0 Å². The van der Waals surface area contributed by atoms with Crippen molar-refractivity contribution in [3.05, 3.63) is 41.6 Å². The molecule has 0 spiro atoms. The molecule has 9 heteroatoms. The van der Waals surface area contributed by atoms with E-state index >= 15 is 0 Å². The van der Waals surface area contributed by atoms with E-state index in [-0.39, 0.29) is 28.6 Å². The van der Waals surface area contributed by atoms with Crippen molar-refractivity contribution in [1.82, 2.24) is 25.9 Å². The first kappa shape index (κ1) is 14.1. The Hall–Kier alpha value is -3.28. The third kappa shape index (κ3) is 3.19. The summed E-state index contributed by atoms with van der Waals surface area (Å²) in [5, 5.41) is 26.9. The lowest BCUT2D eigenvalue weighted by atomic mass is 10.2. The minimum atomic E-state index is -0.565. The Morgan fingerprint density at radius 3 is 2.95 bits per heavy atom. The van der Waals surface area contributed by atoms with E-state index in [2.05, 4.69) is 31.3 Å². The van der Waals surface area contributed by atoms with Crippen LogP contribution in [0.1, 0.15) is 16.2 Å². The summed E-state index contributed by atoms with van der Waals surface area (Å²) in [5.74, 6) is -0.835. The monoisotopic (exact) mass is 287 g/mol. The molecule has 106 valence electrons. The number of nitrogens with zero attached hydrogens (tertiary/aromatic N) is 4. The summed E-state index contributed by atoms with van der Waals surface area (Å²) in [6.07, 6.45) is 1.23. The number of anilines is 1. The Balaban J connectivity index is 2.27. The Morgan fingerprint density at radius 1 is 1.52 bits per heavy atom. The maximum Gasteiger partial charge on any atom is 0.251 e. The van der Waals surface area contributed by atoms with Crippen molar-refractivity contribution in [2.24, 2.45) is 0 Å². The highest BCUT2D eigenvalue weighted by Gasteiger charge is 2.09. The molecule has 0 bridgehead atoms. The van der Waals surface area contributed by atoms with Gasteiger partial charge in [0.25, 0.3) is 5.91 Å². The zero-order valence-corrected chi connectivity index (χ0v) is 10.9. The van der Waals surface area contributed by atoms with Crippen LogP contribution in [0.3, 0.4) is 0 Å².